The van der Waals surface area contributed by atoms with Gasteiger partial charge in [-0.1, -0.05) is 37.1 Å². The van der Waals surface area contributed by atoms with Crippen LogP contribution in [0.5, 0.6) is 5.75 Å². The number of nitrogens with zero attached hydrogens (tertiary/aromatic N) is 1. The lowest BCUT2D eigenvalue weighted by Crippen LogP contribution is -2.45. The van der Waals surface area contributed by atoms with Crippen molar-refractivity contribution in [3.63, 3.8) is 0 Å². The Morgan fingerprint density at radius 1 is 1.28 bits per heavy atom. The second-order valence-corrected chi connectivity index (χ2v) is 8.69. The highest BCUT2D eigenvalue weighted by Gasteiger charge is 2.67. The molecule has 6 heteroatoms. The SMILES string of the molecule is COc1ccc(CCNC(=O)C2C3C=C[C@]4(CN(C5CCCC5)C(=O)C24)O3)cc1. The highest BCUT2D eigenvalue weighted by atomic mass is 16.5. The normalized spacial score (nSPS) is 32.8. The third kappa shape index (κ3) is 3.05. The number of ether oxygens (including phenoxy) is 2. The molecule has 1 aromatic carbocycles. The first-order valence-corrected chi connectivity index (χ1v) is 10.7. The molecule has 0 radical (unpaired) electrons. The zero-order chi connectivity index (χ0) is 20.0. The van der Waals surface area contributed by atoms with Crippen molar-refractivity contribution in [1.29, 1.82) is 0 Å². The fourth-order valence-electron chi connectivity index (χ4n) is 5.59. The summed E-state index contributed by atoms with van der Waals surface area (Å²) in [5, 5.41) is 3.05. The smallest absolute Gasteiger partial charge is 0.230 e. The van der Waals surface area contributed by atoms with Gasteiger partial charge in [-0.05, 0) is 37.0 Å². The Hall–Kier alpha value is -2.34. The van der Waals surface area contributed by atoms with Crippen LogP contribution in [0.2, 0.25) is 0 Å². The highest BCUT2D eigenvalue weighted by molar-refractivity contribution is 5.93. The van der Waals surface area contributed by atoms with E-state index in [2.05, 4.69) is 5.32 Å². The van der Waals surface area contributed by atoms with Gasteiger partial charge in [0.05, 0.1) is 31.6 Å². The van der Waals surface area contributed by atoms with E-state index >= 15 is 0 Å². The molecule has 2 amide bonds. The summed E-state index contributed by atoms with van der Waals surface area (Å²) >= 11 is 0. The van der Waals surface area contributed by atoms with Crippen molar-refractivity contribution in [3.05, 3.63) is 42.0 Å². The topological polar surface area (TPSA) is 67.9 Å². The molecule has 4 aliphatic rings. The van der Waals surface area contributed by atoms with Crippen molar-refractivity contribution >= 4 is 11.8 Å². The Morgan fingerprint density at radius 3 is 2.76 bits per heavy atom. The zero-order valence-corrected chi connectivity index (χ0v) is 16.8. The van der Waals surface area contributed by atoms with Crippen LogP contribution in [0.1, 0.15) is 31.2 Å². The second kappa shape index (κ2) is 7.17. The molecule has 1 aliphatic carbocycles. The molecule has 4 atom stereocenters. The minimum atomic E-state index is -0.595. The number of methoxy groups -OCH3 is 1. The molecule has 1 aromatic rings. The maximum atomic E-state index is 13.2. The van der Waals surface area contributed by atoms with Crippen LogP contribution >= 0.6 is 0 Å². The van der Waals surface area contributed by atoms with Gasteiger partial charge in [-0.25, -0.2) is 0 Å². The third-order valence-electron chi connectivity index (χ3n) is 7.07. The first kappa shape index (κ1) is 18.7. The van der Waals surface area contributed by atoms with Crippen LogP contribution in [-0.2, 0) is 20.7 Å². The van der Waals surface area contributed by atoms with E-state index < -0.39 is 11.5 Å². The molecule has 1 N–H and O–H groups in total. The molecule has 6 nitrogen and oxygen atoms in total. The summed E-state index contributed by atoms with van der Waals surface area (Å²) in [6, 6.07) is 8.17. The van der Waals surface area contributed by atoms with Crippen molar-refractivity contribution < 1.29 is 19.1 Å². The van der Waals surface area contributed by atoms with E-state index in [1.165, 1.54) is 12.8 Å². The highest BCUT2D eigenvalue weighted by Crippen LogP contribution is 2.52. The Kier molecular flexibility index (Phi) is 4.62. The molecule has 154 valence electrons. The first-order valence-electron chi connectivity index (χ1n) is 10.7. The van der Waals surface area contributed by atoms with E-state index in [1.807, 2.05) is 41.3 Å². The minimum Gasteiger partial charge on any atom is -0.497 e. The number of benzene rings is 1. The van der Waals surface area contributed by atoms with Gasteiger partial charge in [0.1, 0.15) is 11.4 Å². The van der Waals surface area contributed by atoms with Gasteiger partial charge in [-0.2, -0.15) is 0 Å². The van der Waals surface area contributed by atoms with E-state index in [4.69, 9.17) is 9.47 Å². The monoisotopic (exact) mass is 396 g/mol. The Bertz CT molecular complexity index is 830. The lowest BCUT2D eigenvalue weighted by Gasteiger charge is -2.27. The number of hydrogen-bond donors (Lipinski definition) is 1. The summed E-state index contributed by atoms with van der Waals surface area (Å²) in [6.45, 7) is 1.14. The Balaban J connectivity index is 1.24. The summed E-state index contributed by atoms with van der Waals surface area (Å²) in [4.78, 5) is 28.3. The third-order valence-corrected chi connectivity index (χ3v) is 7.07. The molecule has 3 heterocycles. The quantitative estimate of drug-likeness (QED) is 0.748. The van der Waals surface area contributed by atoms with Crippen LogP contribution in [0.15, 0.2) is 36.4 Å². The average Bonchev–Trinajstić information content (AvgIpc) is 3.50. The lowest BCUT2D eigenvalue weighted by atomic mass is 9.77. The number of carbonyl (C=O) groups is 2. The van der Waals surface area contributed by atoms with Crippen LogP contribution in [-0.4, -0.2) is 54.7 Å². The maximum Gasteiger partial charge on any atom is 0.230 e. The molecule has 3 aliphatic heterocycles. The van der Waals surface area contributed by atoms with Gasteiger partial charge in [0, 0.05) is 12.6 Å². The molecule has 2 bridgehead atoms. The van der Waals surface area contributed by atoms with Gasteiger partial charge >= 0.3 is 0 Å². The predicted octanol–water partition coefficient (Wildman–Crippen LogP) is 2.08. The van der Waals surface area contributed by atoms with Crippen molar-refractivity contribution in [2.24, 2.45) is 11.8 Å². The molecule has 29 heavy (non-hydrogen) atoms. The number of nitrogens with one attached hydrogen (secondary N) is 1. The first-order chi connectivity index (χ1) is 14.1. The predicted molar refractivity (Wildman–Crippen MR) is 107 cm³/mol. The van der Waals surface area contributed by atoms with Crippen molar-refractivity contribution in [2.75, 3.05) is 20.2 Å². The van der Waals surface area contributed by atoms with Gasteiger partial charge in [-0.3, -0.25) is 9.59 Å². The Labute approximate surface area is 171 Å². The van der Waals surface area contributed by atoms with Crippen LogP contribution in [0.4, 0.5) is 0 Å². The van der Waals surface area contributed by atoms with Crippen LogP contribution in [0, 0.1) is 11.8 Å². The summed E-state index contributed by atoms with van der Waals surface area (Å²) in [6.07, 6.45) is 8.98. The number of rotatable bonds is 6. The molecule has 1 saturated carbocycles. The fraction of sp³-hybridized carbons (Fsp3) is 0.565. The zero-order valence-electron chi connectivity index (χ0n) is 16.8. The standard InChI is InChI=1S/C23H28N2O4/c1-28-17-8-6-15(7-9-17)11-13-24-21(26)19-18-10-12-23(29-18)14-25(22(27)20(19)23)16-4-2-3-5-16/h6-10,12,16,18-20H,2-5,11,13-14H2,1H3,(H,24,26)/t18?,19?,20?,23-/m1/s1. The molecule has 3 unspecified atom stereocenters. The van der Waals surface area contributed by atoms with E-state index in [9.17, 15) is 9.59 Å². The van der Waals surface area contributed by atoms with Gasteiger partial charge in [-0.15, -0.1) is 0 Å². The van der Waals surface area contributed by atoms with Gasteiger partial charge in [0.25, 0.3) is 0 Å². The lowest BCUT2D eigenvalue weighted by molar-refractivity contribution is -0.138. The number of likely N-dealkylation sites (tertiary alicyclic amines) is 1. The van der Waals surface area contributed by atoms with E-state index in [0.717, 1.165) is 30.6 Å². The number of amides is 2. The Morgan fingerprint density at radius 2 is 2.03 bits per heavy atom. The summed E-state index contributed by atoms with van der Waals surface area (Å²) < 4.78 is 11.4. The molecular formula is C23H28N2O4. The fourth-order valence-corrected chi connectivity index (χ4v) is 5.59. The number of fused-ring (bicyclic) bond motifs is 1. The second-order valence-electron chi connectivity index (χ2n) is 8.69. The summed E-state index contributed by atoms with van der Waals surface area (Å²) in [5.41, 5.74) is 0.540. The molecule has 5 rings (SSSR count). The van der Waals surface area contributed by atoms with Crippen LogP contribution in [0.3, 0.4) is 0 Å². The average molecular weight is 396 g/mol. The number of carbonyl (C=O) groups excluding carboxylic acids is 2. The van der Waals surface area contributed by atoms with Gasteiger partial charge < -0.3 is 19.7 Å². The minimum absolute atomic E-state index is 0.0682. The summed E-state index contributed by atoms with van der Waals surface area (Å²) in [7, 11) is 1.64. The van der Waals surface area contributed by atoms with E-state index in [1.54, 1.807) is 7.11 Å². The molecule has 2 saturated heterocycles. The van der Waals surface area contributed by atoms with Crippen LogP contribution < -0.4 is 10.1 Å². The van der Waals surface area contributed by atoms with Crippen molar-refractivity contribution in [2.45, 2.75) is 49.9 Å². The largest absolute Gasteiger partial charge is 0.497 e. The van der Waals surface area contributed by atoms with Gasteiger partial charge in [0.2, 0.25) is 11.8 Å². The molecule has 0 aromatic heterocycles. The molecular weight excluding hydrogens is 368 g/mol. The van der Waals surface area contributed by atoms with E-state index in [0.29, 0.717) is 19.1 Å². The maximum absolute atomic E-state index is 13.2. The van der Waals surface area contributed by atoms with Crippen molar-refractivity contribution in [3.8, 4) is 5.75 Å². The van der Waals surface area contributed by atoms with Crippen molar-refractivity contribution in [1.82, 2.24) is 10.2 Å². The molecule has 1 spiro atoms. The number of hydrogen-bond acceptors (Lipinski definition) is 4. The summed E-state index contributed by atoms with van der Waals surface area (Å²) in [5.74, 6) is 0.0647. The van der Waals surface area contributed by atoms with Gasteiger partial charge in [0.15, 0.2) is 0 Å². The molecule has 3 fully saturated rings. The van der Waals surface area contributed by atoms with Crippen LogP contribution in [0.25, 0.3) is 0 Å². The van der Waals surface area contributed by atoms with E-state index in [-0.39, 0.29) is 23.8 Å².